The first-order valence-electron chi connectivity index (χ1n) is 5.05. The molecule has 5 nitrogen and oxygen atoms in total. The van der Waals surface area contributed by atoms with Gasteiger partial charge >= 0.3 is 0 Å². The van der Waals surface area contributed by atoms with Crippen molar-refractivity contribution in [2.75, 3.05) is 6.54 Å². The quantitative estimate of drug-likeness (QED) is 0.450. The molecule has 0 aromatic heterocycles. The molecule has 0 saturated carbocycles. The van der Waals surface area contributed by atoms with Crippen molar-refractivity contribution in [1.29, 1.82) is 5.26 Å². The number of unbranched alkanes of at least 4 members (excludes halogenated alkanes) is 1. The number of hydrogen-bond donors (Lipinski definition) is 1. The molecule has 0 saturated heterocycles. The molecule has 84 valence electrons. The van der Waals surface area contributed by atoms with Crippen molar-refractivity contribution in [2.24, 2.45) is 0 Å². The Morgan fingerprint density at radius 2 is 2.19 bits per heavy atom. The van der Waals surface area contributed by atoms with E-state index in [9.17, 15) is 10.1 Å². The van der Waals surface area contributed by atoms with Crippen molar-refractivity contribution >= 4 is 5.69 Å². The van der Waals surface area contributed by atoms with Crippen LogP contribution in [0.3, 0.4) is 0 Å². The second-order valence-electron chi connectivity index (χ2n) is 3.32. The Balaban J connectivity index is 2.47. The molecule has 0 spiro atoms. The van der Waals surface area contributed by atoms with E-state index >= 15 is 0 Å². The maximum absolute atomic E-state index is 10.7. The van der Waals surface area contributed by atoms with Crippen LogP contribution in [0, 0.1) is 21.4 Å². The van der Waals surface area contributed by atoms with E-state index in [1.54, 1.807) is 18.2 Å². The summed E-state index contributed by atoms with van der Waals surface area (Å²) in [5, 5.41) is 22.1. The average Bonchev–Trinajstić information content (AvgIpc) is 2.29. The van der Waals surface area contributed by atoms with E-state index < -0.39 is 0 Å². The summed E-state index contributed by atoms with van der Waals surface area (Å²) in [7, 11) is 0. The summed E-state index contributed by atoms with van der Waals surface area (Å²) in [5.74, 6) is 0. The first-order chi connectivity index (χ1) is 7.75. The molecule has 0 unspecified atom stereocenters. The lowest BCUT2D eigenvalue weighted by molar-refractivity contribution is -0.385. The summed E-state index contributed by atoms with van der Waals surface area (Å²) in [4.78, 5) is 10.3. The van der Waals surface area contributed by atoms with Gasteiger partial charge in [-0.25, -0.2) is 0 Å². The molecule has 5 heteroatoms. The van der Waals surface area contributed by atoms with Gasteiger partial charge in [-0.1, -0.05) is 18.2 Å². The predicted octanol–water partition coefficient (Wildman–Crippen LogP) is 1.99. The van der Waals surface area contributed by atoms with Crippen molar-refractivity contribution in [2.45, 2.75) is 19.4 Å². The zero-order valence-electron chi connectivity index (χ0n) is 8.85. The molecule has 0 fully saturated rings. The van der Waals surface area contributed by atoms with E-state index in [1.807, 2.05) is 6.07 Å². The molecule has 1 aromatic rings. The van der Waals surface area contributed by atoms with Gasteiger partial charge < -0.3 is 5.32 Å². The SMILES string of the molecule is N#CCCCNCc1ccccc1[N+](=O)[O-]. The maximum atomic E-state index is 10.7. The minimum atomic E-state index is -0.383. The number of rotatable bonds is 6. The van der Waals surface area contributed by atoms with Crippen molar-refractivity contribution in [3.8, 4) is 6.07 Å². The summed E-state index contributed by atoms with van der Waals surface area (Å²) in [6.07, 6.45) is 1.26. The van der Waals surface area contributed by atoms with E-state index in [0.29, 0.717) is 25.1 Å². The normalized spacial score (nSPS) is 9.69. The third-order valence-corrected chi connectivity index (χ3v) is 2.15. The molecule has 0 radical (unpaired) electrons. The minimum Gasteiger partial charge on any atom is -0.312 e. The summed E-state index contributed by atoms with van der Waals surface area (Å²) < 4.78 is 0. The second-order valence-corrected chi connectivity index (χ2v) is 3.32. The van der Waals surface area contributed by atoms with Gasteiger partial charge in [0, 0.05) is 24.6 Å². The molecule has 0 amide bonds. The molecule has 0 atom stereocenters. The van der Waals surface area contributed by atoms with Gasteiger partial charge in [-0.2, -0.15) is 5.26 Å². The third-order valence-electron chi connectivity index (χ3n) is 2.15. The van der Waals surface area contributed by atoms with Crippen molar-refractivity contribution in [3.05, 3.63) is 39.9 Å². The topological polar surface area (TPSA) is 79.0 Å². The summed E-state index contributed by atoms with van der Waals surface area (Å²) in [6.45, 7) is 1.15. The summed E-state index contributed by atoms with van der Waals surface area (Å²) >= 11 is 0. The zero-order chi connectivity index (χ0) is 11.8. The molecule has 0 heterocycles. The molecular formula is C11H13N3O2. The molecule has 0 aliphatic rings. The molecular weight excluding hydrogens is 206 g/mol. The standard InChI is InChI=1S/C11H13N3O2/c12-7-3-4-8-13-9-10-5-1-2-6-11(10)14(15)16/h1-2,5-6,13H,3-4,8-9H2. The fourth-order valence-corrected chi connectivity index (χ4v) is 1.35. The second kappa shape index (κ2) is 6.53. The lowest BCUT2D eigenvalue weighted by Crippen LogP contribution is -2.15. The van der Waals surface area contributed by atoms with Gasteiger partial charge in [-0.15, -0.1) is 0 Å². The van der Waals surface area contributed by atoms with Crippen molar-refractivity contribution in [3.63, 3.8) is 0 Å². The smallest absolute Gasteiger partial charge is 0.273 e. The van der Waals surface area contributed by atoms with Crippen LogP contribution in [0.4, 0.5) is 5.69 Å². The van der Waals surface area contributed by atoms with Crippen molar-refractivity contribution in [1.82, 2.24) is 5.32 Å². The highest BCUT2D eigenvalue weighted by Gasteiger charge is 2.10. The number of benzene rings is 1. The van der Waals surface area contributed by atoms with Crippen LogP contribution in [-0.2, 0) is 6.54 Å². The van der Waals surface area contributed by atoms with E-state index in [4.69, 9.17) is 5.26 Å². The minimum absolute atomic E-state index is 0.135. The maximum Gasteiger partial charge on any atom is 0.273 e. The molecule has 0 aliphatic carbocycles. The van der Waals surface area contributed by atoms with Gasteiger partial charge in [0.2, 0.25) is 0 Å². The Morgan fingerprint density at radius 3 is 2.88 bits per heavy atom. The first kappa shape index (κ1) is 12.1. The molecule has 16 heavy (non-hydrogen) atoms. The molecule has 0 aliphatic heterocycles. The Hall–Kier alpha value is -1.93. The number of para-hydroxylation sites is 1. The van der Waals surface area contributed by atoms with Crippen LogP contribution >= 0.6 is 0 Å². The highest BCUT2D eigenvalue weighted by atomic mass is 16.6. The third kappa shape index (κ3) is 3.67. The lowest BCUT2D eigenvalue weighted by atomic mass is 10.2. The monoisotopic (exact) mass is 219 g/mol. The van der Waals surface area contributed by atoms with Crippen molar-refractivity contribution < 1.29 is 4.92 Å². The van der Waals surface area contributed by atoms with Gasteiger partial charge in [0.25, 0.3) is 5.69 Å². The van der Waals surface area contributed by atoms with Crippen LogP contribution in [-0.4, -0.2) is 11.5 Å². The number of nitriles is 1. The van der Waals surface area contributed by atoms with Gasteiger partial charge in [-0.3, -0.25) is 10.1 Å². The van der Waals surface area contributed by atoms with Gasteiger partial charge in [0.1, 0.15) is 0 Å². The Morgan fingerprint density at radius 1 is 1.44 bits per heavy atom. The largest absolute Gasteiger partial charge is 0.312 e. The average molecular weight is 219 g/mol. The fraction of sp³-hybridized carbons (Fsp3) is 0.364. The zero-order valence-corrected chi connectivity index (χ0v) is 8.85. The van der Waals surface area contributed by atoms with E-state index in [2.05, 4.69) is 5.32 Å². The van der Waals surface area contributed by atoms with Gasteiger partial charge in [-0.05, 0) is 13.0 Å². The number of nitro benzene ring substituents is 1. The Labute approximate surface area is 93.9 Å². The summed E-state index contributed by atoms with van der Waals surface area (Å²) in [5.41, 5.74) is 0.805. The Bertz CT molecular complexity index is 398. The van der Waals surface area contributed by atoms with Gasteiger partial charge in [0.15, 0.2) is 0 Å². The van der Waals surface area contributed by atoms with Crippen LogP contribution in [0.25, 0.3) is 0 Å². The number of hydrogen-bond acceptors (Lipinski definition) is 4. The Kier molecular flexibility index (Phi) is 4.96. The van der Waals surface area contributed by atoms with E-state index in [0.717, 1.165) is 6.42 Å². The van der Waals surface area contributed by atoms with Crippen LogP contribution in [0.1, 0.15) is 18.4 Å². The number of nitro groups is 1. The number of nitrogens with zero attached hydrogens (tertiary/aromatic N) is 2. The van der Waals surface area contributed by atoms with E-state index in [-0.39, 0.29) is 10.6 Å². The van der Waals surface area contributed by atoms with E-state index in [1.165, 1.54) is 6.07 Å². The highest BCUT2D eigenvalue weighted by Crippen LogP contribution is 2.16. The first-order valence-corrected chi connectivity index (χ1v) is 5.05. The molecule has 0 bridgehead atoms. The predicted molar refractivity (Wildman–Crippen MR) is 59.7 cm³/mol. The van der Waals surface area contributed by atoms with Crippen LogP contribution in [0.15, 0.2) is 24.3 Å². The molecule has 1 rings (SSSR count). The molecule has 1 aromatic carbocycles. The molecule has 1 N–H and O–H groups in total. The number of nitrogens with one attached hydrogen (secondary N) is 1. The lowest BCUT2D eigenvalue weighted by Gasteiger charge is -2.04. The highest BCUT2D eigenvalue weighted by molar-refractivity contribution is 5.39. The van der Waals surface area contributed by atoms with Crippen LogP contribution in [0.5, 0.6) is 0 Å². The van der Waals surface area contributed by atoms with Gasteiger partial charge in [0.05, 0.1) is 11.0 Å². The van der Waals surface area contributed by atoms with Crippen LogP contribution < -0.4 is 5.32 Å². The van der Waals surface area contributed by atoms with Crippen LogP contribution in [0.2, 0.25) is 0 Å². The fourth-order valence-electron chi connectivity index (χ4n) is 1.35. The summed E-state index contributed by atoms with van der Waals surface area (Å²) in [6, 6.07) is 8.70.